The van der Waals surface area contributed by atoms with Gasteiger partial charge in [-0.15, -0.1) is 0 Å². The highest BCUT2D eigenvalue weighted by atomic mass is 16.5. The largest absolute Gasteiger partial charge is 0.459 e. The van der Waals surface area contributed by atoms with Crippen molar-refractivity contribution in [1.82, 2.24) is 18.7 Å². The Labute approximate surface area is 201 Å². The summed E-state index contributed by atoms with van der Waals surface area (Å²) >= 11 is 0. The Hall–Kier alpha value is -4.14. The minimum absolute atomic E-state index is 0.0733. The molecule has 0 aliphatic carbocycles. The third-order valence-electron chi connectivity index (χ3n) is 6.61. The van der Waals surface area contributed by atoms with E-state index in [1.165, 1.54) is 10.1 Å². The third-order valence-corrected chi connectivity index (χ3v) is 6.61. The zero-order chi connectivity index (χ0) is 24.7. The smallest absolute Gasteiger partial charge is 0.333 e. The Morgan fingerprint density at radius 1 is 1.03 bits per heavy atom. The van der Waals surface area contributed by atoms with Gasteiger partial charge in [-0.25, -0.2) is 9.36 Å². The molecule has 0 N–H and O–H groups in total. The lowest BCUT2D eigenvalue weighted by Crippen LogP contribution is -2.41. The van der Waals surface area contributed by atoms with Crippen LogP contribution in [0.1, 0.15) is 23.1 Å². The Balaban J connectivity index is 1.54. The maximum atomic E-state index is 13.5. The first-order valence-corrected chi connectivity index (χ1v) is 11.6. The predicted octanol–water partition coefficient (Wildman–Crippen LogP) is 2.80. The maximum Gasteiger partial charge on any atom is 0.333 e. The van der Waals surface area contributed by atoms with Crippen molar-refractivity contribution in [2.24, 2.45) is 7.05 Å². The number of esters is 1. The van der Waals surface area contributed by atoms with E-state index in [9.17, 15) is 14.4 Å². The summed E-state index contributed by atoms with van der Waals surface area (Å²) in [4.78, 5) is 45.8. The Morgan fingerprint density at radius 3 is 2.57 bits per heavy atom. The van der Waals surface area contributed by atoms with Crippen molar-refractivity contribution < 1.29 is 9.53 Å². The molecule has 35 heavy (non-hydrogen) atoms. The Bertz CT molecular complexity index is 1550. The average Bonchev–Trinajstić information content (AvgIpc) is 3.27. The molecule has 9 heteroatoms. The standard InChI is InChI=1S/C26H27N5O4/c1-17-9-7-12-20(18(17)2)29-13-8-14-30-22-23(27-25(29)30)28(3)26(34)31(24(22)33)15-21(32)35-16-19-10-5-4-6-11-19/h4-7,9-12H,8,13-16H2,1-3H3. The highest BCUT2D eigenvalue weighted by Gasteiger charge is 2.28. The molecule has 0 atom stereocenters. The molecule has 180 valence electrons. The number of ether oxygens (including phenoxy) is 1. The summed E-state index contributed by atoms with van der Waals surface area (Å²) in [6, 6.07) is 15.3. The highest BCUT2D eigenvalue weighted by Crippen LogP contribution is 2.33. The normalized spacial score (nSPS) is 13.2. The zero-order valence-electron chi connectivity index (χ0n) is 20.0. The van der Waals surface area contributed by atoms with Crippen LogP contribution in [0.3, 0.4) is 0 Å². The second-order valence-corrected chi connectivity index (χ2v) is 8.84. The van der Waals surface area contributed by atoms with E-state index in [0.29, 0.717) is 23.7 Å². The van der Waals surface area contributed by atoms with E-state index >= 15 is 0 Å². The van der Waals surface area contributed by atoms with Crippen LogP contribution in [0.5, 0.6) is 0 Å². The van der Waals surface area contributed by atoms with Crippen LogP contribution in [-0.4, -0.2) is 31.2 Å². The number of aromatic nitrogens is 4. The molecule has 1 aliphatic rings. The van der Waals surface area contributed by atoms with Crippen LogP contribution in [0.25, 0.3) is 11.2 Å². The van der Waals surface area contributed by atoms with Gasteiger partial charge in [0.2, 0.25) is 5.95 Å². The molecule has 0 fully saturated rings. The Morgan fingerprint density at radius 2 is 1.80 bits per heavy atom. The van der Waals surface area contributed by atoms with E-state index in [0.717, 1.165) is 34.3 Å². The van der Waals surface area contributed by atoms with E-state index in [1.807, 2.05) is 47.0 Å². The van der Waals surface area contributed by atoms with Gasteiger partial charge in [-0.1, -0.05) is 42.5 Å². The van der Waals surface area contributed by atoms with Gasteiger partial charge in [-0.3, -0.25) is 14.2 Å². The van der Waals surface area contributed by atoms with Gasteiger partial charge in [0.1, 0.15) is 13.2 Å². The number of imidazole rings is 1. The quantitative estimate of drug-likeness (QED) is 0.414. The number of fused-ring (bicyclic) bond motifs is 3. The van der Waals surface area contributed by atoms with Gasteiger partial charge in [0, 0.05) is 25.8 Å². The topological polar surface area (TPSA) is 91.4 Å². The van der Waals surface area contributed by atoms with Gasteiger partial charge in [-0.2, -0.15) is 4.98 Å². The summed E-state index contributed by atoms with van der Waals surface area (Å²) in [7, 11) is 1.57. The molecule has 0 saturated carbocycles. The van der Waals surface area contributed by atoms with Gasteiger partial charge >= 0.3 is 11.7 Å². The first-order chi connectivity index (χ1) is 16.9. The van der Waals surface area contributed by atoms with Gasteiger partial charge in [-0.05, 0) is 43.0 Å². The molecule has 0 radical (unpaired) electrons. The summed E-state index contributed by atoms with van der Waals surface area (Å²) in [5, 5.41) is 0. The predicted molar refractivity (Wildman–Crippen MR) is 133 cm³/mol. The van der Waals surface area contributed by atoms with E-state index in [1.54, 1.807) is 7.05 Å². The van der Waals surface area contributed by atoms with Crippen LogP contribution in [0.15, 0.2) is 58.1 Å². The van der Waals surface area contributed by atoms with E-state index in [-0.39, 0.29) is 6.61 Å². The van der Waals surface area contributed by atoms with Gasteiger partial charge in [0.15, 0.2) is 11.2 Å². The van der Waals surface area contributed by atoms with Crippen LogP contribution in [0.2, 0.25) is 0 Å². The maximum absolute atomic E-state index is 13.5. The molecule has 0 saturated heterocycles. The molecule has 0 spiro atoms. The molecule has 0 unspecified atom stereocenters. The van der Waals surface area contributed by atoms with E-state index in [2.05, 4.69) is 24.8 Å². The lowest BCUT2D eigenvalue weighted by Gasteiger charge is -2.30. The summed E-state index contributed by atoms with van der Waals surface area (Å²) < 4.78 is 9.42. The fraction of sp³-hybridized carbons (Fsp3) is 0.308. The summed E-state index contributed by atoms with van der Waals surface area (Å²) in [6.45, 7) is 5.08. The van der Waals surface area contributed by atoms with Crippen molar-refractivity contribution in [3.8, 4) is 0 Å². The van der Waals surface area contributed by atoms with Crippen molar-refractivity contribution >= 4 is 28.8 Å². The molecule has 9 nitrogen and oxygen atoms in total. The van der Waals surface area contributed by atoms with Crippen LogP contribution in [0.4, 0.5) is 11.6 Å². The van der Waals surface area contributed by atoms with Crippen molar-refractivity contribution in [2.45, 2.75) is 40.0 Å². The monoisotopic (exact) mass is 473 g/mol. The second kappa shape index (κ2) is 8.90. The molecular formula is C26H27N5O4. The van der Waals surface area contributed by atoms with Crippen LogP contribution in [0, 0.1) is 13.8 Å². The fourth-order valence-electron chi connectivity index (χ4n) is 4.57. The molecule has 0 amide bonds. The molecule has 3 heterocycles. The van der Waals surface area contributed by atoms with Crippen molar-refractivity contribution in [1.29, 1.82) is 0 Å². The lowest BCUT2D eigenvalue weighted by molar-refractivity contribution is -0.145. The lowest BCUT2D eigenvalue weighted by atomic mass is 10.1. The van der Waals surface area contributed by atoms with Crippen LogP contribution in [-0.2, 0) is 36.3 Å². The SMILES string of the molecule is Cc1cccc(N2CCCn3c2nc2c3c(=O)n(CC(=O)OCc3ccccc3)c(=O)n2C)c1C. The molecule has 5 rings (SSSR count). The van der Waals surface area contributed by atoms with Crippen molar-refractivity contribution in [2.75, 3.05) is 11.4 Å². The molecule has 2 aromatic heterocycles. The number of aryl methyl sites for hydroxylation is 3. The molecule has 2 aromatic carbocycles. The zero-order valence-corrected chi connectivity index (χ0v) is 20.0. The van der Waals surface area contributed by atoms with Crippen LogP contribution >= 0.6 is 0 Å². The van der Waals surface area contributed by atoms with Gasteiger partial charge in [0.05, 0.1) is 0 Å². The van der Waals surface area contributed by atoms with E-state index < -0.39 is 23.8 Å². The number of hydrogen-bond acceptors (Lipinski definition) is 6. The number of anilines is 2. The van der Waals surface area contributed by atoms with Crippen LogP contribution < -0.4 is 16.1 Å². The molecule has 0 bridgehead atoms. The first kappa shape index (κ1) is 22.6. The summed E-state index contributed by atoms with van der Waals surface area (Å²) in [6.07, 6.45) is 0.813. The minimum Gasteiger partial charge on any atom is -0.459 e. The highest BCUT2D eigenvalue weighted by molar-refractivity contribution is 5.78. The summed E-state index contributed by atoms with van der Waals surface area (Å²) in [5.74, 6) is -0.0285. The Kier molecular flexibility index (Phi) is 5.76. The minimum atomic E-state index is -0.650. The summed E-state index contributed by atoms with van der Waals surface area (Å²) in [5.41, 5.74) is 3.63. The first-order valence-electron chi connectivity index (χ1n) is 11.6. The van der Waals surface area contributed by atoms with E-state index in [4.69, 9.17) is 9.72 Å². The fourth-order valence-corrected chi connectivity index (χ4v) is 4.57. The molecular weight excluding hydrogens is 446 g/mol. The third kappa shape index (κ3) is 3.92. The number of carbonyl (C=O) groups excluding carboxylic acids is 1. The average molecular weight is 474 g/mol. The molecule has 1 aliphatic heterocycles. The van der Waals surface area contributed by atoms with Gasteiger partial charge < -0.3 is 14.2 Å². The number of hydrogen-bond donors (Lipinski definition) is 0. The number of rotatable bonds is 5. The number of benzene rings is 2. The number of nitrogens with zero attached hydrogens (tertiary/aromatic N) is 5. The van der Waals surface area contributed by atoms with Crippen molar-refractivity contribution in [3.05, 3.63) is 86.1 Å². The number of carbonyl (C=O) groups is 1. The van der Waals surface area contributed by atoms with Crippen molar-refractivity contribution in [3.63, 3.8) is 0 Å². The molecule has 4 aromatic rings. The van der Waals surface area contributed by atoms with Gasteiger partial charge in [0.25, 0.3) is 5.56 Å². The second-order valence-electron chi connectivity index (χ2n) is 8.84.